The first-order chi connectivity index (χ1) is 17.8. The van der Waals surface area contributed by atoms with Gasteiger partial charge in [-0.15, -0.1) is 0 Å². The molecule has 1 aliphatic heterocycles. The van der Waals surface area contributed by atoms with Crippen LogP contribution in [0.2, 0.25) is 0 Å². The maximum absolute atomic E-state index is 13.2. The number of imide groups is 1. The largest absolute Gasteiger partial charge is 0.385 e. The molecular formula is C28H27N5O4. The highest BCUT2D eigenvalue weighted by Crippen LogP contribution is 2.27. The number of hydrogen-bond acceptors (Lipinski definition) is 6. The van der Waals surface area contributed by atoms with Gasteiger partial charge in [-0.1, -0.05) is 18.2 Å². The van der Waals surface area contributed by atoms with Crippen LogP contribution in [-0.4, -0.2) is 57.6 Å². The lowest BCUT2D eigenvalue weighted by Crippen LogP contribution is -2.31. The normalized spacial score (nSPS) is 12.9. The Labute approximate surface area is 214 Å². The molecule has 2 aromatic carbocycles. The van der Waals surface area contributed by atoms with E-state index in [0.717, 1.165) is 22.0 Å². The van der Waals surface area contributed by atoms with Gasteiger partial charge in [0.1, 0.15) is 5.82 Å². The summed E-state index contributed by atoms with van der Waals surface area (Å²) >= 11 is 0. The van der Waals surface area contributed by atoms with Gasteiger partial charge in [-0.3, -0.25) is 19.3 Å². The van der Waals surface area contributed by atoms with Gasteiger partial charge in [0.15, 0.2) is 5.82 Å². The molecular weight excluding hydrogens is 470 g/mol. The van der Waals surface area contributed by atoms with Crippen LogP contribution in [0.1, 0.15) is 54.3 Å². The molecule has 1 aliphatic rings. The Kier molecular flexibility index (Phi) is 6.31. The van der Waals surface area contributed by atoms with Crippen LogP contribution in [0, 0.1) is 20.8 Å². The first kappa shape index (κ1) is 24.3. The van der Waals surface area contributed by atoms with Crippen LogP contribution in [0.3, 0.4) is 0 Å². The summed E-state index contributed by atoms with van der Waals surface area (Å²) in [4.78, 5) is 44.8. The van der Waals surface area contributed by atoms with Crippen LogP contribution in [0.25, 0.3) is 16.7 Å². The molecule has 2 aromatic heterocycles. The lowest BCUT2D eigenvalue weighted by Gasteiger charge is -2.12. The van der Waals surface area contributed by atoms with Crippen molar-refractivity contribution in [3.05, 3.63) is 82.0 Å². The van der Waals surface area contributed by atoms with Gasteiger partial charge >= 0.3 is 0 Å². The third-order valence-corrected chi connectivity index (χ3v) is 6.49. The van der Waals surface area contributed by atoms with E-state index in [1.807, 2.05) is 45.0 Å². The van der Waals surface area contributed by atoms with E-state index in [-0.39, 0.29) is 23.6 Å². The van der Waals surface area contributed by atoms with Crippen LogP contribution in [0.5, 0.6) is 0 Å². The maximum Gasteiger partial charge on any atom is 0.261 e. The number of carbonyl (C=O) groups is 3. The number of carbonyl (C=O) groups excluding carboxylic acids is 3. The Morgan fingerprint density at radius 3 is 2.54 bits per heavy atom. The van der Waals surface area contributed by atoms with Gasteiger partial charge in [0.25, 0.3) is 17.7 Å². The number of nitrogens with one attached hydrogen (secondary N) is 1. The highest BCUT2D eigenvalue weighted by molar-refractivity contribution is 6.22. The SMILES string of the molecule is COCCCN1C(=O)c2ccc(C(=O)Nc3cc(C)nn3-c3cc(C)c4cccc(C)c4n3)cc2C1=O. The summed E-state index contributed by atoms with van der Waals surface area (Å²) in [6.45, 7) is 6.57. The van der Waals surface area contributed by atoms with Crippen molar-refractivity contribution in [2.24, 2.45) is 0 Å². The number of benzene rings is 2. The molecule has 0 bridgehead atoms. The Hall–Kier alpha value is -4.37. The van der Waals surface area contributed by atoms with Crippen molar-refractivity contribution < 1.29 is 19.1 Å². The second kappa shape index (κ2) is 9.59. The molecule has 0 fully saturated rings. The number of aryl methyl sites for hydroxylation is 3. The predicted octanol–water partition coefficient (Wildman–Crippen LogP) is 4.23. The molecule has 0 spiro atoms. The number of para-hydroxylation sites is 1. The van der Waals surface area contributed by atoms with E-state index in [9.17, 15) is 14.4 Å². The fourth-order valence-corrected chi connectivity index (χ4v) is 4.61. The summed E-state index contributed by atoms with van der Waals surface area (Å²) in [7, 11) is 1.57. The predicted molar refractivity (Wildman–Crippen MR) is 139 cm³/mol. The number of rotatable bonds is 7. The Morgan fingerprint density at radius 2 is 1.76 bits per heavy atom. The zero-order valence-corrected chi connectivity index (χ0v) is 21.2. The number of ether oxygens (including phenoxy) is 1. The van der Waals surface area contributed by atoms with E-state index in [4.69, 9.17) is 9.72 Å². The van der Waals surface area contributed by atoms with E-state index >= 15 is 0 Å². The van der Waals surface area contributed by atoms with Gasteiger partial charge in [-0.25, -0.2) is 4.98 Å². The van der Waals surface area contributed by atoms with Crippen LogP contribution < -0.4 is 5.32 Å². The molecule has 0 unspecified atom stereocenters. The summed E-state index contributed by atoms with van der Waals surface area (Å²) in [6, 6.07) is 14.3. The number of aromatic nitrogens is 3. The third-order valence-electron chi connectivity index (χ3n) is 6.49. The minimum Gasteiger partial charge on any atom is -0.385 e. The zero-order valence-electron chi connectivity index (χ0n) is 21.2. The fraction of sp³-hybridized carbons (Fsp3) is 0.250. The molecule has 0 saturated heterocycles. The van der Waals surface area contributed by atoms with E-state index in [1.165, 1.54) is 17.0 Å². The van der Waals surface area contributed by atoms with Gasteiger partial charge in [-0.05, 0) is 62.6 Å². The molecule has 37 heavy (non-hydrogen) atoms. The van der Waals surface area contributed by atoms with Gasteiger partial charge in [0.2, 0.25) is 0 Å². The number of hydrogen-bond donors (Lipinski definition) is 1. The summed E-state index contributed by atoms with van der Waals surface area (Å²) in [5.74, 6) is -0.145. The molecule has 3 heterocycles. The van der Waals surface area contributed by atoms with E-state index in [0.29, 0.717) is 35.9 Å². The number of fused-ring (bicyclic) bond motifs is 2. The van der Waals surface area contributed by atoms with Gasteiger partial charge in [0.05, 0.1) is 22.3 Å². The quantitative estimate of drug-likeness (QED) is 0.303. The smallest absolute Gasteiger partial charge is 0.261 e. The maximum atomic E-state index is 13.2. The number of nitrogens with zero attached hydrogens (tertiary/aromatic N) is 4. The monoisotopic (exact) mass is 497 g/mol. The third kappa shape index (κ3) is 4.38. The lowest BCUT2D eigenvalue weighted by atomic mass is 10.1. The fourth-order valence-electron chi connectivity index (χ4n) is 4.61. The number of pyridine rings is 1. The second-order valence-corrected chi connectivity index (χ2v) is 9.17. The number of amides is 3. The first-order valence-corrected chi connectivity index (χ1v) is 12.0. The molecule has 9 nitrogen and oxygen atoms in total. The molecule has 0 atom stereocenters. The molecule has 188 valence electrons. The summed E-state index contributed by atoms with van der Waals surface area (Å²) in [5, 5.41) is 8.51. The van der Waals surface area contributed by atoms with Crippen LogP contribution in [0.4, 0.5) is 5.82 Å². The van der Waals surface area contributed by atoms with E-state index in [2.05, 4.69) is 10.4 Å². The molecule has 1 N–H and O–H groups in total. The summed E-state index contributed by atoms with van der Waals surface area (Å²) in [6.07, 6.45) is 0.542. The Morgan fingerprint density at radius 1 is 0.973 bits per heavy atom. The summed E-state index contributed by atoms with van der Waals surface area (Å²) in [5.41, 5.74) is 4.47. The Balaban J connectivity index is 1.43. The molecule has 3 amide bonds. The lowest BCUT2D eigenvalue weighted by molar-refractivity contribution is 0.0638. The number of anilines is 1. The van der Waals surface area contributed by atoms with Gasteiger partial charge in [0, 0.05) is 37.3 Å². The van der Waals surface area contributed by atoms with Crippen molar-refractivity contribution in [1.82, 2.24) is 19.7 Å². The Bertz CT molecular complexity index is 1570. The molecule has 0 radical (unpaired) electrons. The van der Waals surface area contributed by atoms with Gasteiger partial charge < -0.3 is 10.1 Å². The summed E-state index contributed by atoms with van der Waals surface area (Å²) < 4.78 is 6.62. The van der Waals surface area contributed by atoms with Crippen molar-refractivity contribution >= 4 is 34.4 Å². The standard InChI is InChI=1S/C28H27N5O4/c1-16-7-5-8-20-17(2)13-23(29-25(16)20)33-24(14-18(3)31-33)30-26(34)19-9-10-21-22(15-19)28(36)32(27(21)35)11-6-12-37-4/h5,7-10,13-15H,6,11-12H2,1-4H3,(H,30,34). The van der Waals surface area contributed by atoms with E-state index in [1.54, 1.807) is 23.9 Å². The minimum absolute atomic E-state index is 0.224. The number of methoxy groups -OCH3 is 1. The average molecular weight is 498 g/mol. The van der Waals surface area contributed by atoms with Crippen LogP contribution in [0.15, 0.2) is 48.5 Å². The topological polar surface area (TPSA) is 106 Å². The second-order valence-electron chi connectivity index (χ2n) is 9.17. The van der Waals surface area contributed by atoms with Crippen molar-refractivity contribution in [3.63, 3.8) is 0 Å². The van der Waals surface area contributed by atoms with Gasteiger partial charge in [-0.2, -0.15) is 9.78 Å². The van der Waals surface area contributed by atoms with E-state index < -0.39 is 11.8 Å². The van der Waals surface area contributed by atoms with Crippen molar-refractivity contribution in [3.8, 4) is 5.82 Å². The minimum atomic E-state index is -0.421. The molecule has 0 saturated carbocycles. The molecule has 4 aromatic rings. The highest BCUT2D eigenvalue weighted by atomic mass is 16.5. The molecule has 9 heteroatoms. The van der Waals surface area contributed by atoms with Crippen molar-refractivity contribution in [2.75, 3.05) is 25.6 Å². The average Bonchev–Trinajstić information content (AvgIpc) is 3.36. The zero-order chi connectivity index (χ0) is 26.3. The van der Waals surface area contributed by atoms with Crippen LogP contribution >= 0.6 is 0 Å². The van der Waals surface area contributed by atoms with Crippen LogP contribution in [-0.2, 0) is 4.74 Å². The highest BCUT2D eigenvalue weighted by Gasteiger charge is 2.35. The first-order valence-electron chi connectivity index (χ1n) is 12.0. The molecule has 5 rings (SSSR count). The van der Waals surface area contributed by atoms with Crippen molar-refractivity contribution in [1.29, 1.82) is 0 Å². The molecule has 0 aliphatic carbocycles. The van der Waals surface area contributed by atoms with Crippen molar-refractivity contribution in [2.45, 2.75) is 27.2 Å².